The molecule has 0 aromatic heterocycles. The maximum absolute atomic E-state index is 12.4. The molecular formula is C23H29NO5. The first-order valence-corrected chi connectivity index (χ1v) is 9.51. The van der Waals surface area contributed by atoms with Crippen LogP contribution in [0.15, 0.2) is 36.4 Å². The van der Waals surface area contributed by atoms with E-state index in [0.29, 0.717) is 22.6 Å². The second-order valence-corrected chi connectivity index (χ2v) is 7.13. The fourth-order valence-corrected chi connectivity index (χ4v) is 3.00. The Kier molecular flexibility index (Phi) is 7.79. The zero-order valence-electron chi connectivity index (χ0n) is 17.7. The van der Waals surface area contributed by atoms with Crippen molar-refractivity contribution in [3.63, 3.8) is 0 Å². The molecule has 0 fully saturated rings. The quantitative estimate of drug-likeness (QED) is 0.654. The third-order valence-electron chi connectivity index (χ3n) is 5.06. The van der Waals surface area contributed by atoms with Crippen molar-refractivity contribution in [1.82, 2.24) is 4.90 Å². The summed E-state index contributed by atoms with van der Waals surface area (Å²) in [4.78, 5) is 26.2. The van der Waals surface area contributed by atoms with Gasteiger partial charge in [0.15, 0.2) is 17.3 Å². The van der Waals surface area contributed by atoms with E-state index < -0.39 is 6.10 Å². The van der Waals surface area contributed by atoms with Crippen LogP contribution in [0.1, 0.15) is 46.0 Å². The third kappa shape index (κ3) is 5.81. The van der Waals surface area contributed by atoms with Crippen LogP contribution in [-0.4, -0.2) is 49.5 Å². The highest BCUT2D eigenvalue weighted by atomic mass is 16.5. The number of rotatable bonds is 9. The highest BCUT2D eigenvalue weighted by Gasteiger charge is 2.18. The average Bonchev–Trinajstić information content (AvgIpc) is 2.72. The monoisotopic (exact) mass is 399 g/mol. The van der Waals surface area contributed by atoms with Crippen molar-refractivity contribution in [2.24, 2.45) is 0 Å². The number of hydrogen-bond acceptors (Lipinski definition) is 5. The number of aliphatic hydroxyl groups is 1. The van der Waals surface area contributed by atoms with E-state index in [4.69, 9.17) is 9.47 Å². The standard InChI is InChI=1S/C23H29NO5/c1-15-6-7-17(12-16(15)2)19(25)9-11-23(27)24(3)14-20(26)18-8-10-21(28-4)22(13-18)29-5/h6-8,10,12-13,20,26H,9,11,14H2,1-5H3. The number of ether oxygens (including phenoxy) is 2. The van der Waals surface area contributed by atoms with E-state index in [-0.39, 0.29) is 31.1 Å². The average molecular weight is 399 g/mol. The van der Waals surface area contributed by atoms with Gasteiger partial charge in [-0.05, 0) is 48.7 Å². The zero-order chi connectivity index (χ0) is 21.6. The number of aryl methyl sites for hydroxylation is 2. The molecule has 0 heterocycles. The predicted octanol–water partition coefficient (Wildman–Crippen LogP) is 3.48. The van der Waals surface area contributed by atoms with E-state index in [9.17, 15) is 14.7 Å². The highest BCUT2D eigenvalue weighted by Crippen LogP contribution is 2.30. The van der Waals surface area contributed by atoms with Crippen molar-refractivity contribution in [1.29, 1.82) is 0 Å². The number of carbonyl (C=O) groups excluding carboxylic acids is 2. The minimum absolute atomic E-state index is 0.0599. The minimum Gasteiger partial charge on any atom is -0.493 e. The van der Waals surface area contributed by atoms with Crippen LogP contribution in [0, 0.1) is 13.8 Å². The number of nitrogens with zero attached hydrogens (tertiary/aromatic N) is 1. The highest BCUT2D eigenvalue weighted by molar-refractivity contribution is 5.98. The molecule has 156 valence electrons. The first kappa shape index (κ1) is 22.4. The lowest BCUT2D eigenvalue weighted by Gasteiger charge is -2.22. The molecular weight excluding hydrogens is 370 g/mol. The van der Waals surface area contributed by atoms with Gasteiger partial charge in [0.05, 0.1) is 26.9 Å². The first-order chi connectivity index (χ1) is 13.8. The van der Waals surface area contributed by atoms with E-state index in [0.717, 1.165) is 11.1 Å². The molecule has 0 saturated heterocycles. The van der Waals surface area contributed by atoms with Crippen molar-refractivity contribution in [3.05, 3.63) is 58.7 Å². The van der Waals surface area contributed by atoms with Crippen molar-refractivity contribution in [2.75, 3.05) is 27.8 Å². The summed E-state index contributed by atoms with van der Waals surface area (Å²) >= 11 is 0. The van der Waals surface area contributed by atoms with Crippen molar-refractivity contribution in [3.8, 4) is 11.5 Å². The van der Waals surface area contributed by atoms with Crippen LogP contribution in [0.5, 0.6) is 11.5 Å². The van der Waals surface area contributed by atoms with E-state index >= 15 is 0 Å². The van der Waals surface area contributed by atoms with Gasteiger partial charge < -0.3 is 19.5 Å². The molecule has 0 aliphatic heterocycles. The molecule has 0 aliphatic carbocycles. The summed E-state index contributed by atoms with van der Waals surface area (Å²) in [5.41, 5.74) is 3.42. The molecule has 1 unspecified atom stereocenters. The summed E-state index contributed by atoms with van der Waals surface area (Å²) in [5.74, 6) is 0.826. The predicted molar refractivity (Wildman–Crippen MR) is 112 cm³/mol. The number of methoxy groups -OCH3 is 2. The Morgan fingerprint density at radius 2 is 1.66 bits per heavy atom. The lowest BCUT2D eigenvalue weighted by molar-refractivity contribution is -0.131. The number of amides is 1. The molecule has 2 aromatic rings. The molecule has 1 N–H and O–H groups in total. The van der Waals surface area contributed by atoms with Gasteiger partial charge in [0.25, 0.3) is 0 Å². The SMILES string of the molecule is COc1ccc(C(O)CN(C)C(=O)CCC(=O)c2ccc(C)c(C)c2)cc1OC. The summed E-state index contributed by atoms with van der Waals surface area (Å²) in [6, 6.07) is 10.7. The van der Waals surface area contributed by atoms with Gasteiger partial charge in [0.1, 0.15) is 0 Å². The van der Waals surface area contributed by atoms with Crippen LogP contribution in [0.4, 0.5) is 0 Å². The van der Waals surface area contributed by atoms with Gasteiger partial charge in [0, 0.05) is 25.5 Å². The van der Waals surface area contributed by atoms with E-state index in [1.54, 1.807) is 38.4 Å². The lowest BCUT2D eigenvalue weighted by Crippen LogP contribution is -2.31. The normalized spacial score (nSPS) is 11.7. The molecule has 0 aliphatic rings. The molecule has 2 aromatic carbocycles. The Labute approximate surface area is 172 Å². The fraction of sp³-hybridized carbons (Fsp3) is 0.391. The van der Waals surface area contributed by atoms with Gasteiger partial charge in [0.2, 0.25) is 5.91 Å². The smallest absolute Gasteiger partial charge is 0.222 e. The summed E-state index contributed by atoms with van der Waals surface area (Å²) in [6.45, 7) is 4.07. The van der Waals surface area contributed by atoms with Crippen LogP contribution in [0.25, 0.3) is 0 Å². The zero-order valence-corrected chi connectivity index (χ0v) is 17.7. The van der Waals surface area contributed by atoms with Gasteiger partial charge >= 0.3 is 0 Å². The number of hydrogen-bond donors (Lipinski definition) is 1. The molecule has 1 amide bonds. The van der Waals surface area contributed by atoms with Crippen LogP contribution >= 0.6 is 0 Å². The van der Waals surface area contributed by atoms with E-state index in [1.165, 1.54) is 12.0 Å². The molecule has 0 radical (unpaired) electrons. The first-order valence-electron chi connectivity index (χ1n) is 9.51. The summed E-state index contributed by atoms with van der Waals surface area (Å²) in [6.07, 6.45) is -0.641. The number of likely N-dealkylation sites (N-methyl/N-ethyl adjacent to an activating group) is 1. The Morgan fingerprint density at radius 3 is 2.28 bits per heavy atom. The second kappa shape index (κ2) is 10.1. The largest absolute Gasteiger partial charge is 0.493 e. The molecule has 6 nitrogen and oxygen atoms in total. The molecule has 0 bridgehead atoms. The number of carbonyl (C=O) groups is 2. The maximum atomic E-state index is 12.4. The van der Waals surface area contributed by atoms with E-state index in [1.807, 2.05) is 26.0 Å². The summed E-state index contributed by atoms with van der Waals surface area (Å²) < 4.78 is 10.4. The second-order valence-electron chi connectivity index (χ2n) is 7.13. The van der Waals surface area contributed by atoms with Gasteiger partial charge in [-0.25, -0.2) is 0 Å². The van der Waals surface area contributed by atoms with Gasteiger partial charge in [-0.3, -0.25) is 9.59 Å². The Balaban J connectivity index is 1.92. The maximum Gasteiger partial charge on any atom is 0.222 e. The Bertz CT molecular complexity index is 878. The van der Waals surface area contributed by atoms with Crippen LogP contribution in [-0.2, 0) is 4.79 Å². The van der Waals surface area contributed by atoms with Gasteiger partial charge in [-0.1, -0.05) is 18.2 Å². The van der Waals surface area contributed by atoms with Crippen molar-refractivity contribution in [2.45, 2.75) is 32.8 Å². The van der Waals surface area contributed by atoms with E-state index in [2.05, 4.69) is 0 Å². The lowest BCUT2D eigenvalue weighted by atomic mass is 10.0. The number of ketones is 1. The molecule has 0 saturated carbocycles. The summed E-state index contributed by atoms with van der Waals surface area (Å²) in [5, 5.41) is 10.5. The molecule has 6 heteroatoms. The minimum atomic E-state index is -0.876. The van der Waals surface area contributed by atoms with Crippen LogP contribution in [0.3, 0.4) is 0 Å². The molecule has 1 atom stereocenters. The number of benzene rings is 2. The Hall–Kier alpha value is -2.86. The third-order valence-corrected chi connectivity index (χ3v) is 5.06. The molecule has 2 rings (SSSR count). The van der Waals surface area contributed by atoms with Crippen LogP contribution < -0.4 is 9.47 Å². The van der Waals surface area contributed by atoms with Gasteiger partial charge in [-0.2, -0.15) is 0 Å². The topological polar surface area (TPSA) is 76.1 Å². The number of aliphatic hydroxyl groups excluding tert-OH is 1. The Morgan fingerprint density at radius 1 is 0.966 bits per heavy atom. The summed E-state index contributed by atoms with van der Waals surface area (Å²) in [7, 11) is 4.68. The van der Waals surface area contributed by atoms with Crippen molar-refractivity contribution < 1.29 is 24.2 Å². The van der Waals surface area contributed by atoms with Crippen LogP contribution in [0.2, 0.25) is 0 Å². The molecule has 29 heavy (non-hydrogen) atoms. The fourth-order valence-electron chi connectivity index (χ4n) is 3.00. The number of Topliss-reactive ketones (excluding diaryl/α,β-unsaturated/α-hetero) is 1. The van der Waals surface area contributed by atoms with Gasteiger partial charge in [-0.15, -0.1) is 0 Å². The van der Waals surface area contributed by atoms with Crippen molar-refractivity contribution >= 4 is 11.7 Å². The molecule has 0 spiro atoms.